The summed E-state index contributed by atoms with van der Waals surface area (Å²) in [4.78, 5) is 15.4. The molecule has 0 bridgehead atoms. The van der Waals surface area contributed by atoms with Crippen molar-refractivity contribution >= 4 is 11.6 Å². The maximum Gasteiger partial charge on any atom is 0.162 e. The van der Waals surface area contributed by atoms with Crippen LogP contribution < -0.4 is 9.80 Å². The van der Waals surface area contributed by atoms with E-state index in [0.29, 0.717) is 12.0 Å². The van der Waals surface area contributed by atoms with Gasteiger partial charge in [-0.15, -0.1) is 0 Å². The summed E-state index contributed by atoms with van der Waals surface area (Å²) in [5, 5.41) is 4.77. The van der Waals surface area contributed by atoms with Gasteiger partial charge in [0.25, 0.3) is 0 Å². The Morgan fingerprint density at radius 3 is 2.41 bits per heavy atom. The van der Waals surface area contributed by atoms with Crippen LogP contribution in [0, 0.1) is 13.8 Å². The Labute approximate surface area is 204 Å². The molecule has 5 rings (SSSR count). The van der Waals surface area contributed by atoms with E-state index in [-0.39, 0.29) is 0 Å². The molecule has 0 atom stereocenters. The molecule has 1 aliphatic heterocycles. The minimum atomic E-state index is 0.421. The summed E-state index contributed by atoms with van der Waals surface area (Å²) >= 11 is 0. The van der Waals surface area contributed by atoms with Crippen LogP contribution in [0.15, 0.2) is 24.3 Å². The van der Waals surface area contributed by atoms with Crippen LogP contribution in [0.4, 0.5) is 11.6 Å². The highest BCUT2D eigenvalue weighted by atomic mass is 15.4. The number of fused-ring (bicyclic) bond motifs is 1. The molecular formula is C28H38N6. The predicted octanol–water partition coefficient (Wildman–Crippen LogP) is 5.56. The third-order valence-electron chi connectivity index (χ3n) is 7.74. The Morgan fingerprint density at radius 2 is 1.76 bits per heavy atom. The molecule has 34 heavy (non-hydrogen) atoms. The van der Waals surface area contributed by atoms with Crippen molar-refractivity contribution in [2.75, 3.05) is 23.4 Å². The van der Waals surface area contributed by atoms with Crippen molar-refractivity contribution in [2.45, 2.75) is 78.3 Å². The lowest BCUT2D eigenvalue weighted by atomic mass is 10.00. The van der Waals surface area contributed by atoms with Gasteiger partial charge >= 0.3 is 0 Å². The molecule has 0 amide bonds. The number of nitrogens with zero attached hydrogens (tertiary/aromatic N) is 6. The fraction of sp³-hybridized carbons (Fsp3) is 0.536. The van der Waals surface area contributed by atoms with Crippen molar-refractivity contribution in [3.63, 3.8) is 0 Å². The standard InChI is InChI=1S/C28H38N6/c1-18(2)24-16-25(33(6)31-24)34-15-14-23-22(17-34)28(32(5)21-12-7-8-13-21)30-27(29-23)26-19(3)10-9-11-20(26)4/h9-11,16,18,21H,7-8,12-15,17H2,1-6H3. The van der Waals surface area contributed by atoms with Gasteiger partial charge in [0.2, 0.25) is 0 Å². The van der Waals surface area contributed by atoms with Crippen LogP contribution in [0.1, 0.15) is 73.5 Å². The second-order valence-corrected chi connectivity index (χ2v) is 10.5. The van der Waals surface area contributed by atoms with Crippen molar-refractivity contribution in [1.82, 2.24) is 19.7 Å². The second-order valence-electron chi connectivity index (χ2n) is 10.5. The van der Waals surface area contributed by atoms with Gasteiger partial charge in [0.15, 0.2) is 5.82 Å². The third kappa shape index (κ3) is 4.08. The van der Waals surface area contributed by atoms with Gasteiger partial charge in [-0.3, -0.25) is 4.68 Å². The van der Waals surface area contributed by atoms with E-state index in [1.54, 1.807) is 0 Å². The van der Waals surface area contributed by atoms with Crippen molar-refractivity contribution in [3.05, 3.63) is 52.3 Å². The van der Waals surface area contributed by atoms with E-state index in [0.717, 1.165) is 36.8 Å². The molecule has 0 spiro atoms. The largest absolute Gasteiger partial charge is 0.356 e. The topological polar surface area (TPSA) is 50.1 Å². The minimum Gasteiger partial charge on any atom is -0.356 e. The highest BCUT2D eigenvalue weighted by Gasteiger charge is 2.30. The molecule has 2 aromatic heterocycles. The van der Waals surface area contributed by atoms with Gasteiger partial charge in [0, 0.05) is 56.8 Å². The van der Waals surface area contributed by atoms with E-state index < -0.39 is 0 Å². The first-order valence-corrected chi connectivity index (χ1v) is 12.8. The Balaban J connectivity index is 1.59. The van der Waals surface area contributed by atoms with Crippen LogP contribution in [0.25, 0.3) is 11.4 Å². The quantitative estimate of drug-likeness (QED) is 0.501. The molecule has 3 aromatic rings. The molecule has 1 saturated carbocycles. The average molecular weight is 459 g/mol. The summed E-state index contributed by atoms with van der Waals surface area (Å²) in [6.07, 6.45) is 6.04. The van der Waals surface area contributed by atoms with Gasteiger partial charge in [-0.05, 0) is 43.7 Å². The maximum absolute atomic E-state index is 5.27. The number of hydrogen-bond acceptors (Lipinski definition) is 5. The molecule has 1 aromatic carbocycles. The summed E-state index contributed by atoms with van der Waals surface area (Å²) in [6.45, 7) is 10.5. The molecule has 1 fully saturated rings. The van der Waals surface area contributed by atoms with Crippen molar-refractivity contribution < 1.29 is 0 Å². The number of rotatable bonds is 5. The Morgan fingerprint density at radius 1 is 1.06 bits per heavy atom. The lowest BCUT2D eigenvalue weighted by molar-refractivity contribution is 0.622. The molecule has 180 valence electrons. The number of aromatic nitrogens is 4. The Kier molecular flexibility index (Phi) is 6.09. The van der Waals surface area contributed by atoms with Gasteiger partial charge in [0.05, 0.1) is 11.4 Å². The highest BCUT2D eigenvalue weighted by Crippen LogP contribution is 2.36. The van der Waals surface area contributed by atoms with E-state index in [1.165, 1.54) is 59.4 Å². The zero-order chi connectivity index (χ0) is 24.0. The fourth-order valence-electron chi connectivity index (χ4n) is 5.68. The van der Waals surface area contributed by atoms with Gasteiger partial charge in [-0.25, -0.2) is 9.97 Å². The molecule has 6 nitrogen and oxygen atoms in total. The van der Waals surface area contributed by atoms with Crippen molar-refractivity contribution in [1.29, 1.82) is 0 Å². The van der Waals surface area contributed by atoms with Crippen molar-refractivity contribution in [2.24, 2.45) is 7.05 Å². The SMILES string of the molecule is Cc1cccc(C)c1-c1nc2c(c(N(C)C3CCCC3)n1)CN(c1cc(C(C)C)nn1C)CC2. The normalized spacial score (nSPS) is 16.4. The Hall–Kier alpha value is -2.89. The van der Waals surface area contributed by atoms with Gasteiger partial charge in [-0.1, -0.05) is 44.9 Å². The van der Waals surface area contributed by atoms with Crippen LogP contribution in [0.5, 0.6) is 0 Å². The zero-order valence-corrected chi connectivity index (χ0v) is 21.6. The number of aryl methyl sites for hydroxylation is 3. The fourth-order valence-corrected chi connectivity index (χ4v) is 5.68. The zero-order valence-electron chi connectivity index (χ0n) is 21.6. The molecule has 0 unspecified atom stereocenters. The summed E-state index contributed by atoms with van der Waals surface area (Å²) < 4.78 is 2.03. The molecule has 2 aliphatic rings. The average Bonchev–Trinajstić information content (AvgIpc) is 3.48. The lowest BCUT2D eigenvalue weighted by Crippen LogP contribution is -2.37. The van der Waals surface area contributed by atoms with Crippen LogP contribution >= 0.6 is 0 Å². The van der Waals surface area contributed by atoms with Gasteiger partial charge in [0.1, 0.15) is 11.6 Å². The monoisotopic (exact) mass is 458 g/mol. The summed E-state index contributed by atoms with van der Waals surface area (Å²) in [5.74, 6) is 3.60. The third-order valence-corrected chi connectivity index (χ3v) is 7.74. The minimum absolute atomic E-state index is 0.421. The van der Waals surface area contributed by atoms with E-state index in [2.05, 4.69) is 75.9 Å². The molecule has 6 heteroatoms. The van der Waals surface area contributed by atoms with Crippen LogP contribution in [-0.2, 0) is 20.0 Å². The lowest BCUT2D eigenvalue weighted by Gasteiger charge is -2.34. The number of hydrogen-bond donors (Lipinski definition) is 0. The molecule has 3 heterocycles. The first-order chi connectivity index (χ1) is 16.3. The molecule has 0 N–H and O–H groups in total. The Bertz CT molecular complexity index is 1170. The first kappa shape index (κ1) is 22.9. The van der Waals surface area contributed by atoms with E-state index in [1.807, 2.05) is 4.68 Å². The summed E-state index contributed by atoms with van der Waals surface area (Å²) in [6, 6.07) is 9.27. The summed E-state index contributed by atoms with van der Waals surface area (Å²) in [5.41, 5.74) is 7.29. The smallest absolute Gasteiger partial charge is 0.162 e. The van der Waals surface area contributed by atoms with E-state index >= 15 is 0 Å². The van der Waals surface area contributed by atoms with E-state index in [9.17, 15) is 0 Å². The van der Waals surface area contributed by atoms with E-state index in [4.69, 9.17) is 15.1 Å². The molecule has 0 saturated heterocycles. The van der Waals surface area contributed by atoms with Crippen molar-refractivity contribution in [3.8, 4) is 11.4 Å². The van der Waals surface area contributed by atoms with Crippen LogP contribution in [0.3, 0.4) is 0 Å². The van der Waals surface area contributed by atoms with Gasteiger partial charge < -0.3 is 9.80 Å². The maximum atomic E-state index is 5.27. The molecule has 1 aliphatic carbocycles. The summed E-state index contributed by atoms with van der Waals surface area (Å²) in [7, 11) is 4.30. The van der Waals surface area contributed by atoms with Gasteiger partial charge in [-0.2, -0.15) is 5.10 Å². The molecule has 0 radical (unpaired) electrons. The number of anilines is 2. The highest BCUT2D eigenvalue weighted by molar-refractivity contribution is 5.68. The predicted molar refractivity (Wildman–Crippen MR) is 140 cm³/mol. The molecular weight excluding hydrogens is 420 g/mol. The van der Waals surface area contributed by atoms with Crippen LogP contribution in [0.2, 0.25) is 0 Å². The van der Waals surface area contributed by atoms with Crippen LogP contribution in [-0.4, -0.2) is 39.4 Å². The number of benzene rings is 1. The first-order valence-electron chi connectivity index (χ1n) is 12.8. The second kappa shape index (κ2) is 9.05.